The summed E-state index contributed by atoms with van der Waals surface area (Å²) in [6.45, 7) is 0.793. The number of nitrogens with one attached hydrogen (secondary N) is 1. The summed E-state index contributed by atoms with van der Waals surface area (Å²) in [5.41, 5.74) is -3.10. The van der Waals surface area contributed by atoms with Crippen molar-refractivity contribution in [1.82, 2.24) is 9.55 Å². The van der Waals surface area contributed by atoms with Gasteiger partial charge in [0.25, 0.3) is 5.56 Å². The lowest BCUT2D eigenvalue weighted by atomic mass is 9.96. The Labute approximate surface area is 101 Å². The molecule has 1 aromatic rings. The molecule has 1 aliphatic rings. The molecule has 0 bridgehead atoms. The van der Waals surface area contributed by atoms with Gasteiger partial charge in [0, 0.05) is 12.3 Å². The third-order valence-electron chi connectivity index (χ3n) is 3.04. The predicted molar refractivity (Wildman–Crippen MR) is 58.9 cm³/mol. The molecule has 0 saturated carbocycles. The smallest absolute Gasteiger partial charge is 0.330 e. The van der Waals surface area contributed by atoms with Crippen molar-refractivity contribution in [2.45, 2.75) is 31.0 Å². The highest BCUT2D eigenvalue weighted by Gasteiger charge is 2.53. The topological polar surface area (TPSA) is 125 Å². The predicted octanol–water partition coefficient (Wildman–Crippen LogP) is -2.46. The highest BCUT2D eigenvalue weighted by Crippen LogP contribution is 2.36. The Balaban J connectivity index is 2.45. The van der Waals surface area contributed by atoms with Gasteiger partial charge in [-0.1, -0.05) is 0 Å². The summed E-state index contributed by atoms with van der Waals surface area (Å²) < 4.78 is 6.19. The lowest BCUT2D eigenvalue weighted by Crippen LogP contribution is -2.46. The Morgan fingerprint density at radius 1 is 1.56 bits per heavy atom. The normalized spacial score (nSPS) is 35.9. The van der Waals surface area contributed by atoms with Crippen molar-refractivity contribution in [2.24, 2.45) is 0 Å². The standard InChI is InChI=1S/C10H14N2O6/c1-10(17)7(15)5(4-13)18-8(10)12-3-2-6(14)11-9(12)16/h2-3,5,7-8,13,15,17H,4H2,1H3,(H,11,14,16)/t5-,7+,8-,10-/m1/s1. The first kappa shape index (κ1) is 13.0. The van der Waals surface area contributed by atoms with E-state index < -0.39 is 41.9 Å². The number of aromatic amines is 1. The number of rotatable bonds is 2. The van der Waals surface area contributed by atoms with E-state index in [4.69, 9.17) is 9.84 Å². The molecule has 0 aliphatic carbocycles. The molecule has 0 radical (unpaired) electrons. The molecule has 100 valence electrons. The molecule has 0 amide bonds. The van der Waals surface area contributed by atoms with Crippen molar-refractivity contribution in [3.63, 3.8) is 0 Å². The summed E-state index contributed by atoms with van der Waals surface area (Å²) in [6.07, 6.45) is -2.36. The Bertz CT molecular complexity index is 548. The summed E-state index contributed by atoms with van der Waals surface area (Å²) >= 11 is 0. The van der Waals surface area contributed by atoms with E-state index in [9.17, 15) is 19.8 Å². The molecular weight excluding hydrogens is 244 g/mol. The number of aliphatic hydroxyl groups is 3. The highest BCUT2D eigenvalue weighted by molar-refractivity contribution is 5.00. The summed E-state index contributed by atoms with van der Waals surface area (Å²) in [6, 6.07) is 1.10. The largest absolute Gasteiger partial charge is 0.394 e. The monoisotopic (exact) mass is 258 g/mol. The summed E-state index contributed by atoms with van der Waals surface area (Å²) in [4.78, 5) is 24.5. The Morgan fingerprint density at radius 2 is 2.22 bits per heavy atom. The Hall–Kier alpha value is -1.48. The number of hydrogen-bond donors (Lipinski definition) is 4. The van der Waals surface area contributed by atoms with E-state index in [1.807, 2.05) is 4.98 Å². The molecule has 0 unspecified atom stereocenters. The van der Waals surface area contributed by atoms with E-state index in [0.717, 1.165) is 16.8 Å². The quantitative estimate of drug-likeness (QED) is 0.466. The second-order valence-electron chi connectivity index (χ2n) is 4.40. The van der Waals surface area contributed by atoms with Gasteiger partial charge in [0.1, 0.15) is 17.8 Å². The van der Waals surface area contributed by atoms with E-state index in [-0.39, 0.29) is 0 Å². The van der Waals surface area contributed by atoms with Crippen LogP contribution in [-0.4, -0.2) is 49.3 Å². The summed E-state index contributed by atoms with van der Waals surface area (Å²) in [5, 5.41) is 28.9. The van der Waals surface area contributed by atoms with Crippen molar-refractivity contribution in [3.8, 4) is 0 Å². The molecule has 18 heavy (non-hydrogen) atoms. The van der Waals surface area contributed by atoms with Gasteiger partial charge < -0.3 is 20.1 Å². The van der Waals surface area contributed by atoms with Crippen LogP contribution >= 0.6 is 0 Å². The second-order valence-corrected chi connectivity index (χ2v) is 4.40. The molecule has 1 aliphatic heterocycles. The molecule has 1 saturated heterocycles. The fraction of sp³-hybridized carbons (Fsp3) is 0.600. The second kappa shape index (κ2) is 4.32. The van der Waals surface area contributed by atoms with Crippen molar-refractivity contribution < 1.29 is 20.1 Å². The van der Waals surface area contributed by atoms with Gasteiger partial charge in [0.15, 0.2) is 6.23 Å². The third kappa shape index (κ3) is 1.89. The van der Waals surface area contributed by atoms with Crippen LogP contribution in [0.2, 0.25) is 0 Å². The molecule has 8 nitrogen and oxygen atoms in total. The van der Waals surface area contributed by atoms with Crippen molar-refractivity contribution in [3.05, 3.63) is 33.1 Å². The fourth-order valence-corrected chi connectivity index (χ4v) is 2.00. The van der Waals surface area contributed by atoms with E-state index in [1.165, 1.54) is 6.92 Å². The van der Waals surface area contributed by atoms with E-state index >= 15 is 0 Å². The Kier molecular flexibility index (Phi) is 3.11. The zero-order valence-electron chi connectivity index (χ0n) is 9.61. The fourth-order valence-electron chi connectivity index (χ4n) is 2.00. The molecule has 1 aromatic heterocycles. The SMILES string of the molecule is C[C@@]1(O)[C@@H](O)[C@@H](CO)O[C@H]1n1ccc(=O)[nH]c1=O. The van der Waals surface area contributed by atoms with Gasteiger partial charge in [-0.2, -0.15) is 0 Å². The number of ether oxygens (including phenoxy) is 1. The van der Waals surface area contributed by atoms with E-state index in [0.29, 0.717) is 0 Å². The maximum Gasteiger partial charge on any atom is 0.330 e. The van der Waals surface area contributed by atoms with Gasteiger partial charge in [-0.15, -0.1) is 0 Å². The van der Waals surface area contributed by atoms with Crippen LogP contribution in [0.1, 0.15) is 13.2 Å². The molecule has 2 heterocycles. The minimum atomic E-state index is -1.75. The van der Waals surface area contributed by atoms with Crippen LogP contribution < -0.4 is 11.2 Å². The minimum Gasteiger partial charge on any atom is -0.394 e. The van der Waals surface area contributed by atoms with Gasteiger partial charge >= 0.3 is 5.69 Å². The lowest BCUT2D eigenvalue weighted by molar-refractivity contribution is -0.0987. The average Bonchev–Trinajstić information content (AvgIpc) is 2.52. The molecular formula is C10H14N2O6. The van der Waals surface area contributed by atoms with Gasteiger partial charge in [0.05, 0.1) is 6.61 Å². The first-order chi connectivity index (χ1) is 8.37. The molecule has 4 atom stereocenters. The minimum absolute atomic E-state index is 0.494. The van der Waals surface area contributed by atoms with E-state index in [1.54, 1.807) is 0 Å². The average molecular weight is 258 g/mol. The third-order valence-corrected chi connectivity index (χ3v) is 3.04. The number of nitrogens with zero attached hydrogens (tertiary/aromatic N) is 1. The van der Waals surface area contributed by atoms with Crippen LogP contribution in [0.15, 0.2) is 21.9 Å². The van der Waals surface area contributed by atoms with Gasteiger partial charge in [-0.3, -0.25) is 14.3 Å². The van der Waals surface area contributed by atoms with Crippen LogP contribution in [-0.2, 0) is 4.74 Å². The van der Waals surface area contributed by atoms with Gasteiger partial charge in [-0.25, -0.2) is 4.79 Å². The van der Waals surface area contributed by atoms with Crippen molar-refractivity contribution >= 4 is 0 Å². The summed E-state index contributed by atoms with van der Waals surface area (Å²) in [7, 11) is 0. The molecule has 0 spiro atoms. The number of aliphatic hydroxyl groups excluding tert-OH is 2. The van der Waals surface area contributed by atoms with Gasteiger partial charge in [-0.05, 0) is 6.92 Å². The maximum absolute atomic E-state index is 11.6. The van der Waals surface area contributed by atoms with Crippen LogP contribution in [0.3, 0.4) is 0 Å². The number of aromatic nitrogens is 2. The molecule has 8 heteroatoms. The molecule has 1 fully saturated rings. The molecule has 4 N–H and O–H groups in total. The van der Waals surface area contributed by atoms with Crippen LogP contribution in [0.25, 0.3) is 0 Å². The van der Waals surface area contributed by atoms with Gasteiger partial charge in [0.2, 0.25) is 0 Å². The van der Waals surface area contributed by atoms with Crippen LogP contribution in [0.4, 0.5) is 0 Å². The highest BCUT2D eigenvalue weighted by atomic mass is 16.6. The Morgan fingerprint density at radius 3 is 2.72 bits per heavy atom. The first-order valence-electron chi connectivity index (χ1n) is 5.36. The lowest BCUT2D eigenvalue weighted by Gasteiger charge is -2.27. The van der Waals surface area contributed by atoms with Crippen molar-refractivity contribution in [2.75, 3.05) is 6.61 Å². The van der Waals surface area contributed by atoms with Crippen LogP contribution in [0.5, 0.6) is 0 Å². The van der Waals surface area contributed by atoms with Crippen molar-refractivity contribution in [1.29, 1.82) is 0 Å². The van der Waals surface area contributed by atoms with Crippen LogP contribution in [0, 0.1) is 0 Å². The zero-order chi connectivity index (χ0) is 13.5. The zero-order valence-corrected chi connectivity index (χ0v) is 9.61. The number of H-pyrrole nitrogens is 1. The molecule has 0 aromatic carbocycles. The summed E-state index contributed by atoms with van der Waals surface area (Å²) in [5.74, 6) is 0. The number of hydrogen-bond acceptors (Lipinski definition) is 6. The first-order valence-corrected chi connectivity index (χ1v) is 5.36. The molecule has 2 rings (SSSR count). The van der Waals surface area contributed by atoms with E-state index in [2.05, 4.69) is 0 Å². The maximum atomic E-state index is 11.6.